The molecule has 5 nitrogen and oxygen atoms in total. The number of fused-ring (bicyclic) bond motifs is 1. The SMILES string of the molecule is CCc1c[nH]n2c(=O)cc(-c3ccc(OC(C)(C)C)cc3)nc12. The van der Waals surface area contributed by atoms with Crippen LogP contribution in [0.4, 0.5) is 0 Å². The van der Waals surface area contributed by atoms with Crippen molar-refractivity contribution in [1.82, 2.24) is 14.6 Å². The standard InChI is InChI=1S/C18H21N3O2/c1-5-12-11-19-21-16(22)10-15(20-17(12)21)13-6-8-14(9-7-13)23-18(2,3)4/h6-11,19H,5H2,1-4H3. The fraction of sp³-hybridized carbons (Fsp3) is 0.333. The van der Waals surface area contributed by atoms with Gasteiger partial charge in [-0.1, -0.05) is 6.92 Å². The summed E-state index contributed by atoms with van der Waals surface area (Å²) in [5, 5.41) is 2.94. The molecule has 0 aliphatic heterocycles. The Bertz CT molecular complexity index is 883. The summed E-state index contributed by atoms with van der Waals surface area (Å²) in [5.41, 5.74) is 2.93. The second kappa shape index (κ2) is 5.57. The average Bonchev–Trinajstić information content (AvgIpc) is 2.90. The third kappa shape index (κ3) is 3.13. The predicted molar refractivity (Wildman–Crippen MR) is 91.0 cm³/mol. The third-order valence-corrected chi connectivity index (χ3v) is 3.53. The van der Waals surface area contributed by atoms with Crippen LogP contribution < -0.4 is 10.3 Å². The van der Waals surface area contributed by atoms with E-state index in [1.165, 1.54) is 4.52 Å². The molecule has 1 N–H and O–H groups in total. The van der Waals surface area contributed by atoms with E-state index >= 15 is 0 Å². The number of ether oxygens (including phenoxy) is 1. The van der Waals surface area contributed by atoms with Gasteiger partial charge in [-0.15, -0.1) is 0 Å². The van der Waals surface area contributed by atoms with Gasteiger partial charge in [0.2, 0.25) is 0 Å². The van der Waals surface area contributed by atoms with E-state index in [1.807, 2.05) is 58.2 Å². The first-order valence-corrected chi connectivity index (χ1v) is 7.77. The number of benzene rings is 1. The lowest BCUT2D eigenvalue weighted by atomic mass is 10.1. The van der Waals surface area contributed by atoms with E-state index in [0.717, 1.165) is 23.3 Å². The number of rotatable bonds is 3. The topological polar surface area (TPSA) is 59.4 Å². The number of aromatic nitrogens is 3. The van der Waals surface area contributed by atoms with Crippen LogP contribution in [-0.4, -0.2) is 20.2 Å². The Hall–Kier alpha value is -2.56. The van der Waals surface area contributed by atoms with Gasteiger partial charge in [0.1, 0.15) is 11.4 Å². The molecule has 0 saturated heterocycles. The minimum atomic E-state index is -0.237. The van der Waals surface area contributed by atoms with Crippen molar-refractivity contribution >= 4 is 5.65 Å². The Morgan fingerprint density at radius 1 is 1.22 bits per heavy atom. The molecule has 23 heavy (non-hydrogen) atoms. The van der Waals surface area contributed by atoms with Gasteiger partial charge in [-0.2, -0.15) is 0 Å². The highest BCUT2D eigenvalue weighted by molar-refractivity contribution is 5.63. The van der Waals surface area contributed by atoms with Crippen molar-refractivity contribution in [3.8, 4) is 17.0 Å². The zero-order valence-corrected chi connectivity index (χ0v) is 13.9. The van der Waals surface area contributed by atoms with Crippen LogP contribution in [-0.2, 0) is 6.42 Å². The normalized spacial score (nSPS) is 11.8. The highest BCUT2D eigenvalue weighted by Gasteiger charge is 2.13. The van der Waals surface area contributed by atoms with Gasteiger partial charge in [0.25, 0.3) is 5.56 Å². The van der Waals surface area contributed by atoms with Crippen molar-refractivity contribution in [1.29, 1.82) is 0 Å². The number of hydrogen-bond acceptors (Lipinski definition) is 3. The van der Waals surface area contributed by atoms with E-state index in [9.17, 15) is 4.79 Å². The molecule has 3 rings (SSSR count). The van der Waals surface area contributed by atoms with Crippen LogP contribution in [0, 0.1) is 0 Å². The average molecular weight is 311 g/mol. The Morgan fingerprint density at radius 3 is 2.52 bits per heavy atom. The van der Waals surface area contributed by atoms with Gasteiger partial charge in [0.05, 0.1) is 5.69 Å². The maximum atomic E-state index is 12.2. The maximum absolute atomic E-state index is 12.2. The molecule has 5 heteroatoms. The van der Waals surface area contributed by atoms with Gasteiger partial charge in [0.15, 0.2) is 5.65 Å². The Kier molecular flexibility index (Phi) is 3.72. The lowest BCUT2D eigenvalue weighted by Crippen LogP contribution is -2.22. The van der Waals surface area contributed by atoms with E-state index in [2.05, 4.69) is 10.1 Å². The summed E-state index contributed by atoms with van der Waals surface area (Å²) in [7, 11) is 0. The Balaban J connectivity index is 2.01. The smallest absolute Gasteiger partial charge is 0.273 e. The summed E-state index contributed by atoms with van der Waals surface area (Å²) in [6.45, 7) is 8.07. The monoisotopic (exact) mass is 311 g/mol. The number of aromatic amines is 1. The quantitative estimate of drug-likeness (QED) is 0.806. The number of nitrogens with one attached hydrogen (secondary N) is 1. The predicted octanol–water partition coefficient (Wildman–Crippen LogP) is 3.43. The lowest BCUT2D eigenvalue weighted by molar-refractivity contribution is 0.131. The van der Waals surface area contributed by atoms with E-state index in [1.54, 1.807) is 6.07 Å². The van der Waals surface area contributed by atoms with Crippen LogP contribution in [0.15, 0.2) is 41.3 Å². The van der Waals surface area contributed by atoms with E-state index in [-0.39, 0.29) is 11.2 Å². The molecule has 0 aliphatic carbocycles. The molecule has 3 aromatic rings. The largest absolute Gasteiger partial charge is 0.488 e. The molecule has 0 radical (unpaired) electrons. The fourth-order valence-corrected chi connectivity index (χ4v) is 2.48. The summed E-state index contributed by atoms with van der Waals surface area (Å²) < 4.78 is 7.29. The Labute approximate surface area is 134 Å². The molecular weight excluding hydrogens is 290 g/mol. The number of hydrogen-bond donors (Lipinski definition) is 1. The summed E-state index contributed by atoms with van der Waals surface area (Å²) in [6.07, 6.45) is 2.65. The second-order valence-electron chi connectivity index (χ2n) is 6.53. The van der Waals surface area contributed by atoms with Crippen molar-refractivity contribution in [2.24, 2.45) is 0 Å². The highest BCUT2D eigenvalue weighted by atomic mass is 16.5. The molecular formula is C18H21N3O2. The molecule has 0 spiro atoms. The van der Waals surface area contributed by atoms with Crippen molar-refractivity contribution < 1.29 is 4.74 Å². The van der Waals surface area contributed by atoms with Gasteiger partial charge >= 0.3 is 0 Å². The van der Waals surface area contributed by atoms with Crippen molar-refractivity contribution in [3.05, 3.63) is 52.4 Å². The minimum Gasteiger partial charge on any atom is -0.488 e. The van der Waals surface area contributed by atoms with E-state index < -0.39 is 0 Å². The summed E-state index contributed by atoms with van der Waals surface area (Å²) in [4.78, 5) is 16.9. The van der Waals surface area contributed by atoms with Crippen LogP contribution in [0.2, 0.25) is 0 Å². The van der Waals surface area contributed by atoms with Crippen molar-refractivity contribution in [3.63, 3.8) is 0 Å². The summed E-state index contributed by atoms with van der Waals surface area (Å²) in [6, 6.07) is 9.21. The highest BCUT2D eigenvalue weighted by Crippen LogP contribution is 2.23. The van der Waals surface area contributed by atoms with Crippen molar-refractivity contribution in [2.45, 2.75) is 39.7 Å². The molecule has 0 fully saturated rings. The first kappa shape index (κ1) is 15.3. The zero-order valence-electron chi connectivity index (χ0n) is 13.9. The molecule has 0 unspecified atom stereocenters. The zero-order chi connectivity index (χ0) is 16.6. The molecule has 2 heterocycles. The molecule has 0 bridgehead atoms. The fourth-order valence-electron chi connectivity index (χ4n) is 2.48. The number of H-pyrrole nitrogens is 1. The Morgan fingerprint density at radius 2 is 1.91 bits per heavy atom. The van der Waals surface area contributed by atoms with Crippen LogP contribution in [0.25, 0.3) is 16.9 Å². The van der Waals surface area contributed by atoms with Gasteiger partial charge in [0, 0.05) is 23.4 Å². The molecule has 120 valence electrons. The molecule has 0 amide bonds. The van der Waals surface area contributed by atoms with E-state index in [4.69, 9.17) is 4.74 Å². The second-order valence-corrected chi connectivity index (χ2v) is 6.53. The van der Waals surface area contributed by atoms with Gasteiger partial charge in [-0.25, -0.2) is 9.50 Å². The van der Waals surface area contributed by atoms with Gasteiger partial charge in [-0.05, 0) is 51.5 Å². The van der Waals surface area contributed by atoms with Gasteiger partial charge in [-0.3, -0.25) is 9.89 Å². The lowest BCUT2D eigenvalue weighted by Gasteiger charge is -2.21. The molecule has 0 atom stereocenters. The summed E-state index contributed by atoms with van der Waals surface area (Å²) in [5.74, 6) is 0.801. The third-order valence-electron chi connectivity index (χ3n) is 3.53. The molecule has 0 saturated carbocycles. The van der Waals surface area contributed by atoms with Crippen LogP contribution in [0.5, 0.6) is 5.75 Å². The van der Waals surface area contributed by atoms with Crippen molar-refractivity contribution in [2.75, 3.05) is 0 Å². The number of nitrogens with zero attached hydrogens (tertiary/aromatic N) is 2. The maximum Gasteiger partial charge on any atom is 0.273 e. The number of aryl methyl sites for hydroxylation is 1. The van der Waals surface area contributed by atoms with Crippen LogP contribution >= 0.6 is 0 Å². The van der Waals surface area contributed by atoms with E-state index in [0.29, 0.717) is 11.3 Å². The minimum absolute atomic E-state index is 0.111. The molecule has 1 aromatic carbocycles. The molecule has 0 aliphatic rings. The molecule has 2 aromatic heterocycles. The summed E-state index contributed by atoms with van der Waals surface area (Å²) >= 11 is 0. The first-order valence-electron chi connectivity index (χ1n) is 7.77. The van der Waals surface area contributed by atoms with Crippen LogP contribution in [0.3, 0.4) is 0 Å². The van der Waals surface area contributed by atoms with Gasteiger partial charge < -0.3 is 4.74 Å². The van der Waals surface area contributed by atoms with Crippen LogP contribution in [0.1, 0.15) is 33.3 Å². The first-order chi connectivity index (χ1) is 10.9.